The molecule has 0 bridgehead atoms. The van der Waals surface area contributed by atoms with Gasteiger partial charge in [0.05, 0.1) is 0 Å². The molecule has 0 spiro atoms. The van der Waals surface area contributed by atoms with Gasteiger partial charge in [-0.05, 0) is 12.8 Å². The topological polar surface area (TPSA) is 53.2 Å². The Labute approximate surface area is 66.7 Å². The van der Waals surface area contributed by atoms with E-state index in [0.717, 1.165) is 6.54 Å². The predicted octanol–water partition coefficient (Wildman–Crippen LogP) is -0.621. The standard InChI is InChI=1S/C7H15N3O/c11-6-8-4-5-9-10-7-2-1-3-7/h6-7,9-10H,1-5H2,(H,8,11). The van der Waals surface area contributed by atoms with E-state index in [1.165, 1.54) is 19.3 Å². The highest BCUT2D eigenvalue weighted by Crippen LogP contribution is 2.16. The summed E-state index contributed by atoms with van der Waals surface area (Å²) in [7, 11) is 0. The third-order valence-electron chi connectivity index (χ3n) is 1.89. The van der Waals surface area contributed by atoms with Crippen LogP contribution in [0.5, 0.6) is 0 Å². The molecule has 0 aromatic carbocycles. The van der Waals surface area contributed by atoms with Crippen LogP contribution in [-0.4, -0.2) is 25.5 Å². The van der Waals surface area contributed by atoms with Gasteiger partial charge < -0.3 is 5.32 Å². The molecule has 1 fully saturated rings. The fourth-order valence-corrected chi connectivity index (χ4v) is 0.963. The summed E-state index contributed by atoms with van der Waals surface area (Å²) in [5.41, 5.74) is 6.22. The molecule has 0 heterocycles. The van der Waals surface area contributed by atoms with Gasteiger partial charge in [-0.15, -0.1) is 0 Å². The fraction of sp³-hybridized carbons (Fsp3) is 0.857. The summed E-state index contributed by atoms with van der Waals surface area (Å²) in [5, 5.41) is 2.57. The van der Waals surface area contributed by atoms with Crippen LogP contribution in [0.2, 0.25) is 0 Å². The van der Waals surface area contributed by atoms with Gasteiger partial charge in [-0.2, -0.15) is 0 Å². The third kappa shape index (κ3) is 3.34. The van der Waals surface area contributed by atoms with Crippen molar-refractivity contribution in [2.75, 3.05) is 13.1 Å². The lowest BCUT2D eigenvalue weighted by Crippen LogP contribution is -2.46. The molecular weight excluding hydrogens is 142 g/mol. The maximum Gasteiger partial charge on any atom is 0.207 e. The Hall–Kier alpha value is -0.610. The van der Waals surface area contributed by atoms with Gasteiger partial charge >= 0.3 is 0 Å². The summed E-state index contributed by atoms with van der Waals surface area (Å²) >= 11 is 0. The summed E-state index contributed by atoms with van der Waals surface area (Å²) in [6, 6.07) is 0.659. The van der Waals surface area contributed by atoms with Crippen molar-refractivity contribution in [3.8, 4) is 0 Å². The lowest BCUT2D eigenvalue weighted by molar-refractivity contribution is -0.109. The van der Waals surface area contributed by atoms with Gasteiger partial charge in [-0.1, -0.05) is 6.42 Å². The molecule has 0 saturated heterocycles. The monoisotopic (exact) mass is 157 g/mol. The van der Waals surface area contributed by atoms with Gasteiger partial charge in [0.2, 0.25) is 6.41 Å². The first kappa shape index (κ1) is 8.49. The van der Waals surface area contributed by atoms with Crippen LogP contribution in [0.1, 0.15) is 19.3 Å². The van der Waals surface area contributed by atoms with Crippen molar-refractivity contribution in [1.82, 2.24) is 16.2 Å². The molecule has 0 unspecified atom stereocenters. The number of carbonyl (C=O) groups excluding carboxylic acids is 1. The zero-order valence-corrected chi connectivity index (χ0v) is 6.60. The van der Waals surface area contributed by atoms with E-state index in [9.17, 15) is 4.79 Å². The zero-order valence-electron chi connectivity index (χ0n) is 6.60. The van der Waals surface area contributed by atoms with Crippen LogP contribution >= 0.6 is 0 Å². The van der Waals surface area contributed by atoms with Crippen LogP contribution in [0.15, 0.2) is 0 Å². The molecule has 1 rings (SSSR count). The van der Waals surface area contributed by atoms with Crippen LogP contribution < -0.4 is 16.2 Å². The van der Waals surface area contributed by atoms with Gasteiger partial charge in [0.25, 0.3) is 0 Å². The second kappa shape index (κ2) is 5.09. The Morgan fingerprint density at radius 1 is 1.36 bits per heavy atom. The molecule has 1 aliphatic carbocycles. The second-order valence-electron chi connectivity index (χ2n) is 2.77. The Morgan fingerprint density at radius 2 is 2.18 bits per heavy atom. The molecule has 0 aromatic heterocycles. The molecule has 0 atom stereocenters. The van der Waals surface area contributed by atoms with Crippen LogP contribution in [0.25, 0.3) is 0 Å². The average Bonchev–Trinajstić information content (AvgIpc) is 1.93. The summed E-state index contributed by atoms with van der Waals surface area (Å²) < 4.78 is 0. The van der Waals surface area contributed by atoms with Crippen LogP contribution in [0.4, 0.5) is 0 Å². The van der Waals surface area contributed by atoms with E-state index in [1.807, 2.05) is 0 Å². The van der Waals surface area contributed by atoms with Crippen LogP contribution in [0.3, 0.4) is 0 Å². The number of carbonyl (C=O) groups is 1. The predicted molar refractivity (Wildman–Crippen MR) is 42.8 cm³/mol. The average molecular weight is 157 g/mol. The summed E-state index contributed by atoms with van der Waals surface area (Å²) in [6.45, 7) is 1.47. The van der Waals surface area contributed by atoms with Crippen molar-refractivity contribution < 1.29 is 4.79 Å². The van der Waals surface area contributed by atoms with Crippen molar-refractivity contribution in [2.45, 2.75) is 25.3 Å². The first-order valence-electron chi connectivity index (χ1n) is 4.09. The van der Waals surface area contributed by atoms with Gasteiger partial charge in [-0.25, -0.2) is 0 Å². The van der Waals surface area contributed by atoms with Gasteiger partial charge in [-0.3, -0.25) is 15.6 Å². The van der Waals surface area contributed by atoms with Crippen LogP contribution in [0, 0.1) is 0 Å². The molecule has 0 aromatic rings. The van der Waals surface area contributed by atoms with E-state index in [0.29, 0.717) is 19.0 Å². The van der Waals surface area contributed by atoms with Crippen molar-refractivity contribution in [3.63, 3.8) is 0 Å². The molecule has 11 heavy (non-hydrogen) atoms. The SMILES string of the molecule is O=CNCCNNC1CCC1. The minimum atomic E-state index is 0.659. The number of hydrogen-bond acceptors (Lipinski definition) is 3. The zero-order chi connectivity index (χ0) is 7.94. The normalized spacial score (nSPS) is 17.5. The quantitative estimate of drug-likeness (QED) is 0.273. The third-order valence-corrected chi connectivity index (χ3v) is 1.89. The van der Waals surface area contributed by atoms with Crippen molar-refractivity contribution in [2.24, 2.45) is 0 Å². The van der Waals surface area contributed by atoms with E-state index in [2.05, 4.69) is 16.2 Å². The highest BCUT2D eigenvalue weighted by Gasteiger charge is 2.15. The Kier molecular flexibility index (Phi) is 3.93. The minimum absolute atomic E-state index is 0.659. The van der Waals surface area contributed by atoms with Crippen LogP contribution in [-0.2, 0) is 4.79 Å². The van der Waals surface area contributed by atoms with Crippen molar-refractivity contribution in [1.29, 1.82) is 0 Å². The molecule has 64 valence electrons. The molecule has 4 nitrogen and oxygen atoms in total. The lowest BCUT2D eigenvalue weighted by Gasteiger charge is -2.26. The van der Waals surface area contributed by atoms with E-state index in [-0.39, 0.29) is 0 Å². The minimum Gasteiger partial charge on any atom is -0.357 e. The Balaban J connectivity index is 1.76. The summed E-state index contributed by atoms with van der Waals surface area (Å²) in [4.78, 5) is 9.81. The number of hydrogen-bond donors (Lipinski definition) is 3. The maximum absolute atomic E-state index is 9.81. The van der Waals surface area contributed by atoms with Gasteiger partial charge in [0, 0.05) is 19.1 Å². The van der Waals surface area contributed by atoms with Gasteiger partial charge in [0.1, 0.15) is 0 Å². The smallest absolute Gasteiger partial charge is 0.207 e. The fourth-order valence-electron chi connectivity index (χ4n) is 0.963. The molecule has 1 saturated carbocycles. The molecule has 4 heteroatoms. The molecular formula is C7H15N3O. The number of amides is 1. The number of nitrogens with one attached hydrogen (secondary N) is 3. The molecule has 3 N–H and O–H groups in total. The molecule has 0 aliphatic heterocycles. The van der Waals surface area contributed by atoms with E-state index in [4.69, 9.17) is 0 Å². The van der Waals surface area contributed by atoms with Gasteiger partial charge in [0.15, 0.2) is 0 Å². The Bertz CT molecular complexity index is 114. The molecule has 1 amide bonds. The van der Waals surface area contributed by atoms with E-state index < -0.39 is 0 Å². The number of rotatable bonds is 6. The highest BCUT2D eigenvalue weighted by molar-refractivity contribution is 5.45. The Morgan fingerprint density at radius 3 is 2.73 bits per heavy atom. The first-order valence-corrected chi connectivity index (χ1v) is 4.09. The largest absolute Gasteiger partial charge is 0.357 e. The highest BCUT2D eigenvalue weighted by atomic mass is 16.1. The molecule has 1 aliphatic rings. The lowest BCUT2D eigenvalue weighted by atomic mass is 9.94. The second-order valence-corrected chi connectivity index (χ2v) is 2.77. The maximum atomic E-state index is 9.81. The van der Waals surface area contributed by atoms with Crippen molar-refractivity contribution in [3.05, 3.63) is 0 Å². The first-order chi connectivity index (χ1) is 5.43. The summed E-state index contributed by atoms with van der Waals surface area (Å²) in [5.74, 6) is 0. The summed E-state index contributed by atoms with van der Waals surface area (Å²) in [6.07, 6.45) is 4.60. The van der Waals surface area contributed by atoms with E-state index in [1.54, 1.807) is 0 Å². The number of hydrazine groups is 1. The van der Waals surface area contributed by atoms with E-state index >= 15 is 0 Å². The molecule has 0 radical (unpaired) electrons. The van der Waals surface area contributed by atoms with Crippen molar-refractivity contribution >= 4 is 6.41 Å².